The Morgan fingerprint density at radius 3 is 2.47 bits per heavy atom. The van der Waals surface area contributed by atoms with Gasteiger partial charge in [0, 0.05) is 12.1 Å². The van der Waals surface area contributed by atoms with Crippen molar-refractivity contribution in [3.63, 3.8) is 0 Å². The third-order valence-corrected chi connectivity index (χ3v) is 2.46. The molecule has 19 heavy (non-hydrogen) atoms. The Balaban J connectivity index is 2.74. The Morgan fingerprint density at radius 1 is 1.21 bits per heavy atom. The molecule has 6 nitrogen and oxygen atoms in total. The number of hydrogen-bond donors (Lipinski definition) is 2. The van der Waals surface area contributed by atoms with Crippen LogP contribution in [-0.2, 0) is 4.79 Å². The zero-order valence-electron chi connectivity index (χ0n) is 10.9. The number of nitrogens with one attached hydrogen (secondary N) is 1. The molecule has 1 aromatic carbocycles. The van der Waals surface area contributed by atoms with Crippen LogP contribution in [0.4, 0.5) is 0 Å². The summed E-state index contributed by atoms with van der Waals surface area (Å²) in [4.78, 5) is 23.2. The lowest BCUT2D eigenvalue weighted by atomic mass is 10.1. The summed E-state index contributed by atoms with van der Waals surface area (Å²) in [5.74, 6) is 0.207. The second-order valence-corrected chi connectivity index (χ2v) is 3.74. The van der Waals surface area contributed by atoms with Crippen LogP contribution in [0, 0.1) is 0 Å². The normalized spacial score (nSPS) is 9.84. The quantitative estimate of drug-likeness (QED) is 0.551. The number of carbonyl (C=O) groups excluding carboxylic acids is 2. The fraction of sp³-hybridized carbons (Fsp3) is 0.385. The van der Waals surface area contributed by atoms with Gasteiger partial charge >= 0.3 is 0 Å². The topological polar surface area (TPSA) is 84.9 Å². The smallest absolute Gasteiger partial charge is 0.227 e. The average molecular weight is 267 g/mol. The number of hydrogen-bond acceptors (Lipinski definition) is 5. The molecule has 1 amide bonds. The molecule has 0 unspecified atom stereocenters. The number of ether oxygens (including phenoxy) is 2. The molecule has 0 atom stereocenters. The minimum absolute atomic E-state index is 0.137. The van der Waals surface area contributed by atoms with E-state index in [0.29, 0.717) is 17.1 Å². The highest BCUT2D eigenvalue weighted by atomic mass is 16.5. The molecule has 6 heteroatoms. The molecule has 0 spiro atoms. The minimum Gasteiger partial charge on any atom is -0.493 e. The van der Waals surface area contributed by atoms with Gasteiger partial charge in [-0.25, -0.2) is 0 Å². The predicted octanol–water partition coefficient (Wildman–Crippen LogP) is 0.385. The summed E-state index contributed by atoms with van der Waals surface area (Å²) in [6.45, 7) is -0.0195. The summed E-state index contributed by atoms with van der Waals surface area (Å²) in [5, 5.41) is 11.0. The van der Waals surface area contributed by atoms with Crippen LogP contribution in [-0.4, -0.2) is 44.2 Å². The molecule has 1 aromatic rings. The van der Waals surface area contributed by atoms with E-state index in [4.69, 9.17) is 14.6 Å². The van der Waals surface area contributed by atoms with E-state index in [-0.39, 0.29) is 25.4 Å². The van der Waals surface area contributed by atoms with E-state index in [1.165, 1.54) is 20.3 Å². The zero-order chi connectivity index (χ0) is 14.3. The van der Waals surface area contributed by atoms with Gasteiger partial charge in [-0.2, -0.15) is 0 Å². The van der Waals surface area contributed by atoms with Crippen LogP contribution in [0.2, 0.25) is 0 Å². The van der Waals surface area contributed by atoms with Gasteiger partial charge in [0.15, 0.2) is 17.3 Å². The molecule has 0 radical (unpaired) electrons. The van der Waals surface area contributed by atoms with Gasteiger partial charge in [-0.3, -0.25) is 9.59 Å². The van der Waals surface area contributed by atoms with Crippen molar-refractivity contribution in [2.45, 2.75) is 6.42 Å². The molecule has 0 heterocycles. The molecule has 104 valence electrons. The Bertz CT molecular complexity index is 458. The number of rotatable bonds is 7. The molecule has 2 N–H and O–H groups in total. The van der Waals surface area contributed by atoms with Crippen molar-refractivity contribution in [1.29, 1.82) is 0 Å². The lowest BCUT2D eigenvalue weighted by molar-refractivity contribution is -0.120. The first-order valence-electron chi connectivity index (χ1n) is 5.75. The first-order valence-corrected chi connectivity index (χ1v) is 5.75. The maximum atomic E-state index is 11.9. The lowest BCUT2D eigenvalue weighted by Gasteiger charge is -2.09. The molecule has 0 aromatic heterocycles. The van der Waals surface area contributed by atoms with E-state index < -0.39 is 5.91 Å². The SMILES string of the molecule is COc1ccc(C(=O)CC(=O)NCCO)cc1OC. The number of carbonyl (C=O) groups is 2. The van der Waals surface area contributed by atoms with Crippen molar-refractivity contribution in [3.8, 4) is 11.5 Å². The van der Waals surface area contributed by atoms with Crippen molar-refractivity contribution < 1.29 is 24.2 Å². The van der Waals surface area contributed by atoms with Gasteiger partial charge in [-0.1, -0.05) is 0 Å². The van der Waals surface area contributed by atoms with Crippen LogP contribution < -0.4 is 14.8 Å². The molecule has 0 aliphatic rings. The van der Waals surface area contributed by atoms with E-state index in [9.17, 15) is 9.59 Å². The third kappa shape index (κ3) is 4.26. The minimum atomic E-state index is -0.422. The molecular formula is C13H17NO5. The number of aliphatic hydroxyl groups excluding tert-OH is 1. The Morgan fingerprint density at radius 2 is 1.89 bits per heavy atom. The fourth-order valence-electron chi connectivity index (χ4n) is 1.52. The van der Waals surface area contributed by atoms with E-state index in [2.05, 4.69) is 5.32 Å². The number of benzene rings is 1. The number of amides is 1. The third-order valence-electron chi connectivity index (χ3n) is 2.46. The maximum absolute atomic E-state index is 11.9. The van der Waals surface area contributed by atoms with E-state index in [0.717, 1.165) is 0 Å². The highest BCUT2D eigenvalue weighted by molar-refractivity contribution is 6.07. The van der Waals surface area contributed by atoms with E-state index in [1.807, 2.05) is 0 Å². The number of methoxy groups -OCH3 is 2. The second-order valence-electron chi connectivity index (χ2n) is 3.74. The largest absolute Gasteiger partial charge is 0.493 e. The molecule has 0 fully saturated rings. The van der Waals surface area contributed by atoms with Gasteiger partial charge in [0.25, 0.3) is 0 Å². The number of ketones is 1. The highest BCUT2D eigenvalue weighted by Crippen LogP contribution is 2.27. The van der Waals surface area contributed by atoms with Gasteiger partial charge in [0.2, 0.25) is 5.91 Å². The van der Waals surface area contributed by atoms with Crippen LogP contribution >= 0.6 is 0 Å². The highest BCUT2D eigenvalue weighted by Gasteiger charge is 2.14. The van der Waals surface area contributed by atoms with E-state index >= 15 is 0 Å². The fourth-order valence-corrected chi connectivity index (χ4v) is 1.52. The summed E-state index contributed by atoms with van der Waals surface area (Å²) in [5.41, 5.74) is 0.372. The Hall–Kier alpha value is -2.08. The second kappa shape index (κ2) is 7.38. The lowest BCUT2D eigenvalue weighted by Crippen LogP contribution is -2.28. The first-order chi connectivity index (χ1) is 9.12. The molecule has 0 aliphatic heterocycles. The van der Waals surface area contributed by atoms with Gasteiger partial charge < -0.3 is 19.9 Å². The van der Waals surface area contributed by atoms with Crippen LogP contribution in [0.5, 0.6) is 11.5 Å². The molecule has 0 bridgehead atoms. The van der Waals surface area contributed by atoms with Gasteiger partial charge in [-0.05, 0) is 18.2 Å². The summed E-state index contributed by atoms with van der Waals surface area (Å²) in [6.07, 6.45) is -0.268. The number of Topliss-reactive ketones (excluding diaryl/α,β-unsaturated/α-hetero) is 1. The van der Waals surface area contributed by atoms with Crippen molar-refractivity contribution in [1.82, 2.24) is 5.32 Å². The summed E-state index contributed by atoms with van der Waals surface area (Å²) in [6, 6.07) is 4.71. The maximum Gasteiger partial charge on any atom is 0.227 e. The monoisotopic (exact) mass is 267 g/mol. The molecule has 0 saturated carbocycles. The predicted molar refractivity (Wildman–Crippen MR) is 68.6 cm³/mol. The summed E-state index contributed by atoms with van der Waals surface area (Å²) >= 11 is 0. The van der Waals surface area contributed by atoms with Crippen molar-refractivity contribution in [3.05, 3.63) is 23.8 Å². The van der Waals surface area contributed by atoms with E-state index in [1.54, 1.807) is 12.1 Å². The first kappa shape index (κ1) is 15.0. The Kier molecular flexibility index (Phi) is 5.81. The van der Waals surface area contributed by atoms with Crippen LogP contribution in [0.15, 0.2) is 18.2 Å². The summed E-state index contributed by atoms with van der Waals surface area (Å²) < 4.78 is 10.1. The van der Waals surface area contributed by atoms with Crippen LogP contribution in [0.25, 0.3) is 0 Å². The van der Waals surface area contributed by atoms with Gasteiger partial charge in [0.1, 0.15) is 0 Å². The van der Waals surface area contributed by atoms with Crippen molar-refractivity contribution in [2.24, 2.45) is 0 Å². The number of aliphatic hydroxyl groups is 1. The van der Waals surface area contributed by atoms with Crippen molar-refractivity contribution in [2.75, 3.05) is 27.4 Å². The molecule has 0 aliphatic carbocycles. The van der Waals surface area contributed by atoms with Crippen molar-refractivity contribution >= 4 is 11.7 Å². The van der Waals surface area contributed by atoms with Crippen LogP contribution in [0.3, 0.4) is 0 Å². The Labute approximate surface area is 111 Å². The molecular weight excluding hydrogens is 250 g/mol. The standard InChI is InChI=1S/C13H17NO5/c1-18-11-4-3-9(7-12(11)19-2)10(16)8-13(17)14-5-6-15/h3-4,7,15H,5-6,8H2,1-2H3,(H,14,17). The van der Waals surface area contributed by atoms with Gasteiger partial charge in [0.05, 0.1) is 27.2 Å². The van der Waals surface area contributed by atoms with Crippen LogP contribution in [0.1, 0.15) is 16.8 Å². The van der Waals surface area contributed by atoms with Gasteiger partial charge in [-0.15, -0.1) is 0 Å². The summed E-state index contributed by atoms with van der Waals surface area (Å²) in [7, 11) is 2.97. The molecule has 0 saturated heterocycles. The zero-order valence-corrected chi connectivity index (χ0v) is 10.9. The average Bonchev–Trinajstić information content (AvgIpc) is 2.44. The molecule has 1 rings (SSSR count).